The maximum atomic E-state index is 12.6. The number of halogens is 3. The van der Waals surface area contributed by atoms with Crippen LogP contribution in [0.25, 0.3) is 0 Å². The first-order valence-corrected chi connectivity index (χ1v) is 3.63. The van der Waals surface area contributed by atoms with E-state index in [2.05, 4.69) is 4.99 Å². The molecule has 0 aliphatic heterocycles. The van der Waals surface area contributed by atoms with Gasteiger partial charge in [-0.1, -0.05) is 23.2 Å². The summed E-state index contributed by atoms with van der Waals surface area (Å²) in [6, 6.07) is 2.14. The van der Waals surface area contributed by atoms with E-state index in [9.17, 15) is 9.18 Å². The van der Waals surface area contributed by atoms with E-state index in [1.54, 1.807) is 0 Å². The van der Waals surface area contributed by atoms with Crippen LogP contribution in [-0.2, 0) is 4.79 Å². The van der Waals surface area contributed by atoms with Crippen molar-refractivity contribution >= 4 is 35.0 Å². The Labute approximate surface area is 77.6 Å². The summed E-state index contributed by atoms with van der Waals surface area (Å²) < 4.78 is 12.6. The number of carbonyl (C=O) groups excluding carboxylic acids is 1. The summed E-state index contributed by atoms with van der Waals surface area (Å²) in [6.07, 6.45) is 1.28. The van der Waals surface area contributed by atoms with Gasteiger partial charge in [-0.2, -0.15) is 4.99 Å². The Kier molecular flexibility index (Phi) is 2.82. The highest BCUT2D eigenvalue weighted by Gasteiger charge is 2.05. The van der Waals surface area contributed by atoms with Gasteiger partial charge in [-0.3, -0.25) is 0 Å². The summed E-state index contributed by atoms with van der Waals surface area (Å²) in [7, 11) is 0. The van der Waals surface area contributed by atoms with Crippen LogP contribution in [0.4, 0.5) is 10.1 Å². The third-order valence-electron chi connectivity index (χ3n) is 1.16. The monoisotopic (exact) mass is 205 g/mol. The molecule has 12 heavy (non-hydrogen) atoms. The van der Waals surface area contributed by atoms with Gasteiger partial charge in [0.25, 0.3) is 0 Å². The van der Waals surface area contributed by atoms with Crippen LogP contribution in [0.15, 0.2) is 17.1 Å². The van der Waals surface area contributed by atoms with Gasteiger partial charge in [0.05, 0.1) is 15.7 Å². The third-order valence-corrected chi connectivity index (χ3v) is 1.75. The fraction of sp³-hybridized carbons (Fsp3) is 0. The third kappa shape index (κ3) is 1.83. The normalized spacial score (nSPS) is 9.25. The van der Waals surface area contributed by atoms with Crippen molar-refractivity contribution in [1.29, 1.82) is 0 Å². The topological polar surface area (TPSA) is 29.4 Å². The van der Waals surface area contributed by atoms with Crippen LogP contribution in [0.2, 0.25) is 10.0 Å². The van der Waals surface area contributed by atoms with E-state index in [4.69, 9.17) is 23.2 Å². The van der Waals surface area contributed by atoms with Gasteiger partial charge in [-0.05, 0) is 12.1 Å². The first-order valence-electron chi connectivity index (χ1n) is 2.87. The molecule has 0 spiro atoms. The molecule has 0 aromatic heterocycles. The Morgan fingerprint density at radius 1 is 1.33 bits per heavy atom. The Morgan fingerprint density at radius 2 is 2.00 bits per heavy atom. The molecule has 0 bridgehead atoms. The SMILES string of the molecule is O=C=Nc1cc(Cl)c(F)cc1Cl. The highest BCUT2D eigenvalue weighted by Crippen LogP contribution is 2.29. The van der Waals surface area contributed by atoms with Crippen molar-refractivity contribution in [2.45, 2.75) is 0 Å². The fourth-order valence-electron chi connectivity index (χ4n) is 0.647. The first-order chi connectivity index (χ1) is 5.65. The number of nitrogens with zero attached hydrogens (tertiary/aromatic N) is 1. The molecule has 0 N–H and O–H groups in total. The Balaban J connectivity index is 3.32. The van der Waals surface area contributed by atoms with Crippen molar-refractivity contribution in [1.82, 2.24) is 0 Å². The van der Waals surface area contributed by atoms with Crippen molar-refractivity contribution in [3.63, 3.8) is 0 Å². The molecule has 0 aliphatic rings. The quantitative estimate of drug-likeness (QED) is 0.394. The molecule has 0 saturated carbocycles. The van der Waals surface area contributed by atoms with Crippen LogP contribution in [0.5, 0.6) is 0 Å². The molecule has 0 amide bonds. The molecule has 0 unspecified atom stereocenters. The molecule has 0 atom stereocenters. The molecule has 5 heteroatoms. The van der Waals surface area contributed by atoms with Crippen LogP contribution in [-0.4, -0.2) is 6.08 Å². The van der Waals surface area contributed by atoms with Crippen molar-refractivity contribution in [3.05, 3.63) is 28.0 Å². The lowest BCUT2D eigenvalue weighted by Crippen LogP contribution is -1.76. The maximum absolute atomic E-state index is 12.6. The minimum Gasteiger partial charge on any atom is -0.211 e. The zero-order chi connectivity index (χ0) is 9.14. The molecule has 0 aliphatic carbocycles. The Morgan fingerprint density at radius 3 is 2.58 bits per heavy atom. The standard InChI is InChI=1S/C7H2Cl2FNO/c8-4-2-7(11-3-12)5(9)1-6(4)10/h1-2H. The van der Waals surface area contributed by atoms with Crippen LogP contribution in [0.1, 0.15) is 0 Å². The van der Waals surface area contributed by atoms with Gasteiger partial charge in [0.15, 0.2) is 0 Å². The van der Waals surface area contributed by atoms with Gasteiger partial charge >= 0.3 is 0 Å². The zero-order valence-electron chi connectivity index (χ0n) is 5.64. The fourth-order valence-corrected chi connectivity index (χ4v) is 0.997. The van der Waals surface area contributed by atoms with E-state index in [0.717, 1.165) is 12.1 Å². The molecule has 1 aromatic carbocycles. The summed E-state index contributed by atoms with van der Waals surface area (Å²) in [4.78, 5) is 13.1. The van der Waals surface area contributed by atoms with Crippen molar-refractivity contribution in [2.75, 3.05) is 0 Å². The van der Waals surface area contributed by atoms with Gasteiger partial charge in [0, 0.05) is 0 Å². The Hall–Kier alpha value is -0.890. The molecular formula is C7H2Cl2FNO. The molecule has 0 radical (unpaired) electrons. The lowest BCUT2D eigenvalue weighted by molar-refractivity contribution is 0.565. The van der Waals surface area contributed by atoms with Gasteiger partial charge < -0.3 is 0 Å². The summed E-state index contributed by atoms with van der Waals surface area (Å²) in [5, 5.41) is -0.103. The van der Waals surface area contributed by atoms with Gasteiger partial charge in [-0.15, -0.1) is 0 Å². The molecule has 0 saturated heterocycles. The van der Waals surface area contributed by atoms with Crippen LogP contribution < -0.4 is 0 Å². The van der Waals surface area contributed by atoms with E-state index in [1.807, 2.05) is 0 Å². The van der Waals surface area contributed by atoms with E-state index < -0.39 is 5.82 Å². The number of rotatable bonds is 1. The second-order valence-corrected chi connectivity index (χ2v) is 2.74. The largest absolute Gasteiger partial charge is 0.240 e. The predicted octanol–water partition coefficient (Wildman–Crippen LogP) is 3.10. The number of benzene rings is 1. The number of hydrogen-bond acceptors (Lipinski definition) is 2. The summed E-state index contributed by atoms with van der Waals surface area (Å²) in [5.74, 6) is -0.647. The van der Waals surface area contributed by atoms with Gasteiger partial charge in [-0.25, -0.2) is 9.18 Å². The lowest BCUT2D eigenvalue weighted by atomic mass is 10.3. The molecule has 0 heterocycles. The lowest BCUT2D eigenvalue weighted by Gasteiger charge is -1.97. The van der Waals surface area contributed by atoms with E-state index in [-0.39, 0.29) is 15.7 Å². The van der Waals surface area contributed by atoms with E-state index in [0.29, 0.717) is 0 Å². The average Bonchev–Trinajstić information content (AvgIpc) is 2.01. The number of aliphatic imine (C=N–C) groups is 1. The Bertz CT molecular complexity index is 361. The molecule has 2 nitrogen and oxygen atoms in total. The second-order valence-electron chi connectivity index (χ2n) is 1.92. The molecule has 0 fully saturated rings. The highest BCUT2D eigenvalue weighted by molar-refractivity contribution is 6.35. The smallest absolute Gasteiger partial charge is 0.211 e. The molecule has 1 rings (SSSR count). The highest BCUT2D eigenvalue weighted by atomic mass is 35.5. The maximum Gasteiger partial charge on any atom is 0.240 e. The average molecular weight is 206 g/mol. The summed E-state index contributed by atoms with van der Waals surface area (Å²) in [5.41, 5.74) is 0.109. The van der Waals surface area contributed by atoms with Gasteiger partial charge in [0.2, 0.25) is 6.08 Å². The van der Waals surface area contributed by atoms with Crippen molar-refractivity contribution < 1.29 is 9.18 Å². The molecule has 1 aromatic rings. The van der Waals surface area contributed by atoms with Crippen LogP contribution in [0, 0.1) is 5.82 Å². The summed E-state index contributed by atoms with van der Waals surface area (Å²) in [6.45, 7) is 0. The van der Waals surface area contributed by atoms with Crippen LogP contribution in [0.3, 0.4) is 0 Å². The molecule has 62 valence electrons. The summed E-state index contributed by atoms with van der Waals surface area (Å²) >= 11 is 10.9. The minimum atomic E-state index is -0.647. The number of isocyanates is 1. The van der Waals surface area contributed by atoms with Crippen LogP contribution >= 0.6 is 23.2 Å². The minimum absolute atomic E-state index is 0.0280. The van der Waals surface area contributed by atoms with Crippen molar-refractivity contribution in [2.24, 2.45) is 4.99 Å². The van der Waals surface area contributed by atoms with E-state index in [1.165, 1.54) is 6.08 Å². The first kappa shape index (κ1) is 9.20. The molecular weight excluding hydrogens is 204 g/mol. The predicted molar refractivity (Wildman–Crippen MR) is 44.2 cm³/mol. The van der Waals surface area contributed by atoms with E-state index >= 15 is 0 Å². The number of hydrogen-bond donors (Lipinski definition) is 0. The van der Waals surface area contributed by atoms with Crippen molar-refractivity contribution in [3.8, 4) is 0 Å². The zero-order valence-corrected chi connectivity index (χ0v) is 7.16. The second kappa shape index (κ2) is 3.68. The van der Waals surface area contributed by atoms with Gasteiger partial charge in [0.1, 0.15) is 5.82 Å².